The van der Waals surface area contributed by atoms with Crippen molar-refractivity contribution in [3.8, 4) is 0 Å². The molecular formula is C45H72O18. The summed E-state index contributed by atoms with van der Waals surface area (Å²) in [6.45, 7) is 10.00. The predicted molar refractivity (Wildman–Crippen MR) is 215 cm³/mol. The van der Waals surface area contributed by atoms with Gasteiger partial charge in [0.05, 0.1) is 38.1 Å². The number of rotatable bonds is 8. The lowest BCUT2D eigenvalue weighted by Crippen LogP contribution is -2.67. The molecule has 5 saturated heterocycles. The zero-order chi connectivity index (χ0) is 45.1. The van der Waals surface area contributed by atoms with Crippen LogP contribution in [0, 0.1) is 52.3 Å². The number of hydrogen-bond acceptors (Lipinski definition) is 18. The molecule has 5 aliphatic heterocycles. The average Bonchev–Trinajstić information content (AvgIpc) is 3.71. The quantitative estimate of drug-likeness (QED) is 0.139. The first-order chi connectivity index (χ1) is 29.8. The molecule has 4 saturated carbocycles. The Morgan fingerprint density at radius 3 is 1.98 bits per heavy atom. The predicted octanol–water partition coefficient (Wildman–Crippen LogP) is -0.527. The minimum absolute atomic E-state index is 0.0499. The molecule has 0 unspecified atom stereocenters. The fourth-order valence-corrected chi connectivity index (χ4v) is 14.4. The summed E-state index contributed by atoms with van der Waals surface area (Å²) in [5.74, 6) is 1.54. The molecule has 0 aromatic carbocycles. The second-order valence-electron chi connectivity index (χ2n) is 21.5. The minimum atomic E-state index is -1.84. The van der Waals surface area contributed by atoms with E-state index in [0.717, 1.165) is 38.7 Å². The van der Waals surface area contributed by atoms with Crippen LogP contribution < -0.4 is 0 Å². The van der Waals surface area contributed by atoms with Gasteiger partial charge in [-0.15, -0.1) is 0 Å². The van der Waals surface area contributed by atoms with E-state index in [1.165, 1.54) is 6.92 Å². The Morgan fingerprint density at radius 2 is 1.30 bits per heavy atom. The highest BCUT2D eigenvalue weighted by atomic mass is 16.8. The molecule has 9 N–H and O–H groups in total. The van der Waals surface area contributed by atoms with Gasteiger partial charge in [-0.05, 0) is 92.3 Å². The van der Waals surface area contributed by atoms with Crippen molar-refractivity contribution in [3.63, 3.8) is 0 Å². The zero-order valence-electron chi connectivity index (χ0n) is 37.0. The molecule has 27 atom stereocenters. The summed E-state index contributed by atoms with van der Waals surface area (Å²) >= 11 is 0. The van der Waals surface area contributed by atoms with E-state index in [1.807, 2.05) is 0 Å². The minimum Gasteiger partial charge on any atom is -0.394 e. The molecule has 9 fully saturated rings. The van der Waals surface area contributed by atoms with Gasteiger partial charge < -0.3 is 83.9 Å². The number of Topliss-reactive ketones (excluding diaryl/α,β-unsaturated/α-hetero) is 1. The van der Waals surface area contributed by atoms with Gasteiger partial charge in [0.25, 0.3) is 0 Å². The van der Waals surface area contributed by atoms with Crippen LogP contribution in [-0.4, -0.2) is 182 Å². The van der Waals surface area contributed by atoms with Gasteiger partial charge in [-0.3, -0.25) is 4.79 Å². The van der Waals surface area contributed by atoms with E-state index < -0.39 is 117 Å². The second-order valence-corrected chi connectivity index (χ2v) is 21.5. The van der Waals surface area contributed by atoms with Crippen molar-refractivity contribution in [2.75, 3.05) is 19.8 Å². The number of carbonyl (C=O) groups excluding carboxylic acids is 1. The van der Waals surface area contributed by atoms with Gasteiger partial charge in [0.1, 0.15) is 72.9 Å². The standard InChI is InChI=1S/C45H72O18/c1-18-6-11-45(56-17-18)19(2)30-27(63-45)14-24-22-13-26(48)25-12-21(7-9-43(25,4)23(22)8-10-44(24,30)5)58-42-39(62-40-35(53)33(51)31(49)20(3)57-40)37(55)38(29(16-47)60-42)61-41-36(54)34(52)32(50)28(15-46)59-41/h18-25,27-42,46-47,49-55H,6-17H2,1-5H3/t18-,19+,20+,21+,22-,23+,24-,25-,27-,28-,29-,30-,31+,32-,33-,34+,35-,36-,37+,38-,39-,40+,41+,42-,43-,44+,45-/m1/s1. The third kappa shape index (κ3) is 7.70. The summed E-state index contributed by atoms with van der Waals surface area (Å²) in [6, 6.07) is 0. The molecule has 9 aliphatic rings. The normalized spacial score (nSPS) is 58.2. The number of ketones is 1. The molecule has 18 nitrogen and oxygen atoms in total. The molecule has 0 bridgehead atoms. The van der Waals surface area contributed by atoms with Gasteiger partial charge in [0.15, 0.2) is 24.7 Å². The van der Waals surface area contributed by atoms with Crippen LogP contribution in [0.25, 0.3) is 0 Å². The fraction of sp³-hybridized carbons (Fsp3) is 0.978. The maximum absolute atomic E-state index is 14.5. The van der Waals surface area contributed by atoms with Crippen LogP contribution in [-0.2, 0) is 42.7 Å². The number of aliphatic hydroxyl groups excluding tert-OH is 9. The van der Waals surface area contributed by atoms with Gasteiger partial charge >= 0.3 is 0 Å². The zero-order valence-corrected chi connectivity index (χ0v) is 37.0. The first-order valence-electron chi connectivity index (χ1n) is 23.6. The van der Waals surface area contributed by atoms with Gasteiger partial charge in [-0.25, -0.2) is 0 Å². The topological polar surface area (TPSA) is 273 Å². The Bertz CT molecular complexity index is 1630. The van der Waals surface area contributed by atoms with Crippen molar-refractivity contribution >= 4 is 5.78 Å². The highest BCUT2D eigenvalue weighted by Gasteiger charge is 2.70. The van der Waals surface area contributed by atoms with Crippen LogP contribution in [0.2, 0.25) is 0 Å². The summed E-state index contributed by atoms with van der Waals surface area (Å²) < 4.78 is 49.7. The van der Waals surface area contributed by atoms with Crippen molar-refractivity contribution in [3.05, 3.63) is 0 Å². The number of hydrogen-bond donors (Lipinski definition) is 9. The highest BCUT2D eigenvalue weighted by Crippen LogP contribution is 2.71. The number of ether oxygens (including phenoxy) is 8. The van der Waals surface area contributed by atoms with Crippen LogP contribution in [0.1, 0.15) is 92.4 Å². The van der Waals surface area contributed by atoms with E-state index in [4.69, 9.17) is 37.9 Å². The van der Waals surface area contributed by atoms with Gasteiger partial charge in [-0.1, -0.05) is 27.7 Å². The first kappa shape index (κ1) is 47.1. The highest BCUT2D eigenvalue weighted by molar-refractivity contribution is 5.83. The molecule has 9 rings (SSSR count). The van der Waals surface area contributed by atoms with E-state index in [-0.39, 0.29) is 40.5 Å². The van der Waals surface area contributed by atoms with E-state index in [9.17, 15) is 50.8 Å². The SMILES string of the molecule is C[C@@H]1CC[C@@]2(OC1)O[C@@H]1C[C@@H]3[C@@H]4CC(=O)[C@H]5C[C@@H](O[C@@H]6O[C@H](CO)[C@@H](O[C@@H]7O[C@H](CO)[C@@H](O)[C@H](O)[C@H]7O)[C@H](O)[C@H]6O[C@@H]6O[C@@H](C)[C@H](O)[C@@H](O)[C@H]6O)CC[C@]5(C)[C@H]4CC[C@]3(C)[C@@H]1[C@@H]2C. The third-order valence-corrected chi connectivity index (χ3v) is 18.0. The summed E-state index contributed by atoms with van der Waals surface area (Å²) in [7, 11) is 0. The number of aliphatic hydroxyl groups is 9. The summed E-state index contributed by atoms with van der Waals surface area (Å²) in [5, 5.41) is 95.7. The van der Waals surface area contributed by atoms with E-state index in [1.54, 1.807) is 0 Å². The van der Waals surface area contributed by atoms with Crippen LogP contribution in [0.5, 0.6) is 0 Å². The van der Waals surface area contributed by atoms with Crippen LogP contribution >= 0.6 is 0 Å². The fourth-order valence-electron chi connectivity index (χ4n) is 14.4. The second kappa shape index (κ2) is 17.5. The van der Waals surface area contributed by atoms with E-state index in [2.05, 4.69) is 27.7 Å². The molecule has 0 aromatic heterocycles. The molecular weight excluding hydrogens is 828 g/mol. The van der Waals surface area contributed by atoms with E-state index in [0.29, 0.717) is 49.4 Å². The molecule has 18 heteroatoms. The Kier molecular flexibility index (Phi) is 13.1. The Balaban J connectivity index is 0.916. The molecule has 0 aromatic rings. The Labute approximate surface area is 368 Å². The summed E-state index contributed by atoms with van der Waals surface area (Å²) in [5.41, 5.74) is -0.225. The summed E-state index contributed by atoms with van der Waals surface area (Å²) in [4.78, 5) is 14.5. The molecule has 1 spiro atoms. The van der Waals surface area contributed by atoms with Crippen LogP contribution in [0.3, 0.4) is 0 Å². The largest absolute Gasteiger partial charge is 0.394 e. The lowest BCUT2D eigenvalue weighted by molar-refractivity contribution is -0.390. The first-order valence-corrected chi connectivity index (χ1v) is 23.6. The Morgan fingerprint density at radius 1 is 0.651 bits per heavy atom. The van der Waals surface area contributed by atoms with Crippen molar-refractivity contribution < 1.29 is 88.6 Å². The van der Waals surface area contributed by atoms with Crippen molar-refractivity contribution in [1.29, 1.82) is 0 Å². The maximum atomic E-state index is 14.5. The number of fused-ring (bicyclic) bond motifs is 7. The Hall–Kier alpha value is -1.01. The molecule has 0 radical (unpaired) electrons. The molecule has 4 aliphatic carbocycles. The van der Waals surface area contributed by atoms with Gasteiger partial charge in [0, 0.05) is 24.7 Å². The van der Waals surface area contributed by atoms with Crippen molar-refractivity contribution in [1.82, 2.24) is 0 Å². The molecule has 63 heavy (non-hydrogen) atoms. The third-order valence-electron chi connectivity index (χ3n) is 18.0. The van der Waals surface area contributed by atoms with Gasteiger partial charge in [0.2, 0.25) is 0 Å². The molecule has 5 heterocycles. The van der Waals surface area contributed by atoms with Crippen LogP contribution in [0.4, 0.5) is 0 Å². The smallest absolute Gasteiger partial charge is 0.187 e. The monoisotopic (exact) mass is 900 g/mol. The van der Waals surface area contributed by atoms with E-state index >= 15 is 0 Å². The average molecular weight is 901 g/mol. The molecule has 360 valence electrons. The van der Waals surface area contributed by atoms with Crippen molar-refractivity contribution in [2.24, 2.45) is 52.3 Å². The van der Waals surface area contributed by atoms with Gasteiger partial charge in [-0.2, -0.15) is 0 Å². The lowest BCUT2D eigenvalue weighted by atomic mass is 9.44. The summed E-state index contributed by atoms with van der Waals surface area (Å²) in [6.07, 6.45) is -16.8. The lowest BCUT2D eigenvalue weighted by Gasteiger charge is -2.60. The number of carbonyl (C=O) groups is 1. The van der Waals surface area contributed by atoms with Crippen molar-refractivity contribution in [2.45, 2.75) is 203 Å². The maximum Gasteiger partial charge on any atom is 0.187 e. The van der Waals surface area contributed by atoms with Crippen LogP contribution in [0.15, 0.2) is 0 Å². The molecule has 0 amide bonds.